The Morgan fingerprint density at radius 2 is 2.12 bits per heavy atom. The summed E-state index contributed by atoms with van der Waals surface area (Å²) in [4.78, 5) is 32.0. The molecule has 5 heterocycles. The van der Waals surface area contributed by atoms with E-state index in [1.54, 1.807) is 35.3 Å². The van der Waals surface area contributed by atoms with Gasteiger partial charge in [0.05, 0.1) is 16.6 Å². The van der Waals surface area contributed by atoms with Crippen LogP contribution in [-0.4, -0.2) is 44.9 Å². The molecule has 162 valence electrons. The Morgan fingerprint density at radius 3 is 2.91 bits per heavy atom. The molecule has 10 heteroatoms. The minimum absolute atomic E-state index is 0.0439. The van der Waals surface area contributed by atoms with Crippen molar-refractivity contribution in [1.29, 1.82) is 0 Å². The molecule has 1 aliphatic rings. The molecule has 0 fully saturated rings. The molecule has 1 aliphatic heterocycles. The molecule has 32 heavy (non-hydrogen) atoms. The van der Waals surface area contributed by atoms with Crippen molar-refractivity contribution in [3.8, 4) is 11.1 Å². The van der Waals surface area contributed by atoms with Gasteiger partial charge < -0.3 is 20.8 Å². The number of carbonyl (C=O) groups is 1. The number of hydrogen-bond acceptors (Lipinski definition) is 7. The number of anilines is 2. The molecule has 4 aromatic rings. The largest absolute Gasteiger partial charge is 0.387 e. The standard InChI is InChI=1S/C22H20ClN7O2/c1-12(24-2)22-29-19-8-14(16-11-25-9-13-5-6-30(32-22)20(13)16)7-18(27-19)28-21(31)17-4-3-15(23)10-26-17/h3-12,22,24H,1-2H3,(H2,27,28,29,31). The van der Waals surface area contributed by atoms with E-state index in [-0.39, 0.29) is 17.6 Å². The van der Waals surface area contributed by atoms with Crippen molar-refractivity contribution in [3.05, 3.63) is 65.8 Å². The smallest absolute Gasteiger partial charge is 0.275 e. The number of rotatable bonds is 4. The number of halogens is 1. The molecule has 5 rings (SSSR count). The minimum Gasteiger partial charge on any atom is -0.387 e. The van der Waals surface area contributed by atoms with E-state index in [4.69, 9.17) is 16.4 Å². The second-order valence-corrected chi connectivity index (χ2v) is 7.89. The summed E-state index contributed by atoms with van der Waals surface area (Å²) < 4.78 is 1.74. The van der Waals surface area contributed by atoms with Crippen molar-refractivity contribution in [3.63, 3.8) is 0 Å². The second-order valence-electron chi connectivity index (χ2n) is 7.46. The number of pyridine rings is 3. The maximum Gasteiger partial charge on any atom is 0.275 e. The molecule has 2 unspecified atom stereocenters. The zero-order valence-electron chi connectivity index (χ0n) is 17.3. The van der Waals surface area contributed by atoms with E-state index >= 15 is 0 Å². The minimum atomic E-state index is -0.432. The van der Waals surface area contributed by atoms with Gasteiger partial charge in [0.25, 0.3) is 5.91 Å². The number of fused-ring (bicyclic) bond motifs is 3. The SMILES string of the molecule is CNC(C)C1Nc2cc(cc(NC(=O)c3ccc(Cl)cn3)n2)-c2cncc3ccn(c23)O1. The summed E-state index contributed by atoms with van der Waals surface area (Å²) in [7, 11) is 1.86. The Hall–Kier alpha value is -3.69. The Balaban J connectivity index is 1.60. The first-order valence-corrected chi connectivity index (χ1v) is 10.4. The molecule has 0 spiro atoms. The van der Waals surface area contributed by atoms with Crippen LogP contribution < -0.4 is 20.8 Å². The highest BCUT2D eigenvalue weighted by Crippen LogP contribution is 2.32. The molecular formula is C22H20ClN7O2. The van der Waals surface area contributed by atoms with E-state index in [0.29, 0.717) is 16.7 Å². The van der Waals surface area contributed by atoms with Gasteiger partial charge in [0.2, 0.25) is 6.23 Å². The molecule has 2 bridgehead atoms. The van der Waals surface area contributed by atoms with Gasteiger partial charge in [0.1, 0.15) is 17.3 Å². The van der Waals surface area contributed by atoms with Crippen molar-refractivity contribution in [2.45, 2.75) is 19.2 Å². The number of hydrogen-bond donors (Lipinski definition) is 3. The second kappa shape index (κ2) is 8.10. The lowest BCUT2D eigenvalue weighted by Gasteiger charge is -2.26. The maximum absolute atomic E-state index is 12.7. The maximum atomic E-state index is 12.7. The predicted molar refractivity (Wildman–Crippen MR) is 123 cm³/mol. The van der Waals surface area contributed by atoms with Gasteiger partial charge in [-0.15, -0.1) is 0 Å². The van der Waals surface area contributed by atoms with Gasteiger partial charge in [0, 0.05) is 35.7 Å². The monoisotopic (exact) mass is 449 g/mol. The predicted octanol–water partition coefficient (Wildman–Crippen LogP) is 3.19. The first kappa shape index (κ1) is 20.2. The summed E-state index contributed by atoms with van der Waals surface area (Å²) in [5.74, 6) is 0.541. The lowest BCUT2D eigenvalue weighted by atomic mass is 10.1. The highest BCUT2D eigenvalue weighted by atomic mass is 35.5. The van der Waals surface area contributed by atoms with Gasteiger partial charge in [-0.05, 0) is 49.9 Å². The van der Waals surface area contributed by atoms with Gasteiger partial charge in [-0.1, -0.05) is 11.6 Å². The van der Waals surface area contributed by atoms with Crippen LogP contribution in [0, 0.1) is 0 Å². The summed E-state index contributed by atoms with van der Waals surface area (Å²) in [6.07, 6.45) is 6.42. The van der Waals surface area contributed by atoms with E-state index < -0.39 is 6.23 Å². The number of nitrogens with one attached hydrogen (secondary N) is 3. The molecule has 0 saturated heterocycles. The van der Waals surface area contributed by atoms with Crippen molar-refractivity contribution in [1.82, 2.24) is 25.0 Å². The van der Waals surface area contributed by atoms with Crippen LogP contribution in [0.2, 0.25) is 5.02 Å². The Kier molecular flexibility index (Phi) is 5.12. The molecule has 9 nitrogen and oxygen atoms in total. The molecule has 0 aromatic carbocycles. The molecule has 4 aromatic heterocycles. The van der Waals surface area contributed by atoms with Crippen molar-refractivity contribution in [2.24, 2.45) is 0 Å². The summed E-state index contributed by atoms with van der Waals surface area (Å²) in [5.41, 5.74) is 2.81. The summed E-state index contributed by atoms with van der Waals surface area (Å²) in [5, 5.41) is 10.7. The van der Waals surface area contributed by atoms with Crippen molar-refractivity contribution >= 4 is 40.0 Å². The van der Waals surface area contributed by atoms with Crippen molar-refractivity contribution < 1.29 is 9.63 Å². The van der Waals surface area contributed by atoms with E-state index in [2.05, 4.69) is 30.9 Å². The zero-order valence-corrected chi connectivity index (χ0v) is 18.1. The quantitative estimate of drug-likeness (QED) is 0.439. The fraction of sp³-hybridized carbons (Fsp3) is 0.182. The van der Waals surface area contributed by atoms with Gasteiger partial charge in [-0.25, -0.2) is 9.97 Å². The highest BCUT2D eigenvalue weighted by Gasteiger charge is 2.24. The van der Waals surface area contributed by atoms with E-state index in [1.165, 1.54) is 6.20 Å². The van der Waals surface area contributed by atoms with Crippen LogP contribution in [0.4, 0.5) is 11.6 Å². The molecule has 0 radical (unpaired) electrons. The third-order valence-corrected chi connectivity index (χ3v) is 5.54. The molecular weight excluding hydrogens is 430 g/mol. The van der Waals surface area contributed by atoms with E-state index in [0.717, 1.165) is 22.0 Å². The molecule has 3 N–H and O–H groups in total. The number of amides is 1. The fourth-order valence-corrected chi connectivity index (χ4v) is 3.65. The summed E-state index contributed by atoms with van der Waals surface area (Å²) in [6.45, 7) is 2.00. The molecule has 2 atom stereocenters. The van der Waals surface area contributed by atoms with Gasteiger partial charge in [-0.3, -0.25) is 9.78 Å². The van der Waals surface area contributed by atoms with Gasteiger partial charge in [0.15, 0.2) is 0 Å². The van der Waals surface area contributed by atoms with Crippen LogP contribution >= 0.6 is 11.6 Å². The van der Waals surface area contributed by atoms with Crippen LogP contribution in [0.1, 0.15) is 17.4 Å². The van der Waals surface area contributed by atoms with Gasteiger partial charge in [-0.2, -0.15) is 4.73 Å². The lowest BCUT2D eigenvalue weighted by molar-refractivity contribution is 0.0433. The fourth-order valence-electron chi connectivity index (χ4n) is 3.54. The molecule has 0 aliphatic carbocycles. The van der Waals surface area contributed by atoms with Crippen LogP contribution in [-0.2, 0) is 0 Å². The first-order valence-electron chi connectivity index (χ1n) is 10.0. The Labute approximate surface area is 188 Å². The van der Waals surface area contributed by atoms with Gasteiger partial charge >= 0.3 is 0 Å². The average molecular weight is 450 g/mol. The highest BCUT2D eigenvalue weighted by molar-refractivity contribution is 6.30. The molecule has 0 saturated carbocycles. The number of aromatic nitrogens is 4. The van der Waals surface area contributed by atoms with E-state index in [9.17, 15) is 4.79 Å². The topological polar surface area (TPSA) is 106 Å². The Bertz CT molecular complexity index is 1310. The Morgan fingerprint density at radius 1 is 1.25 bits per heavy atom. The van der Waals surface area contributed by atoms with Crippen LogP contribution in [0.3, 0.4) is 0 Å². The zero-order chi connectivity index (χ0) is 22.2. The van der Waals surface area contributed by atoms with Crippen LogP contribution in [0.15, 0.2) is 55.1 Å². The average Bonchev–Trinajstić information content (AvgIpc) is 3.22. The van der Waals surface area contributed by atoms with Crippen LogP contribution in [0.25, 0.3) is 22.0 Å². The summed E-state index contributed by atoms with van der Waals surface area (Å²) >= 11 is 5.88. The third-order valence-electron chi connectivity index (χ3n) is 5.32. The third kappa shape index (κ3) is 3.72. The van der Waals surface area contributed by atoms with Crippen LogP contribution in [0.5, 0.6) is 0 Å². The normalized spacial score (nSPS) is 15.7. The number of likely N-dealkylation sites (N-methyl/N-ethyl adjacent to an activating group) is 1. The number of nitrogens with zero attached hydrogens (tertiary/aromatic N) is 4. The first-order chi connectivity index (χ1) is 15.5. The molecule has 1 amide bonds. The summed E-state index contributed by atoms with van der Waals surface area (Å²) in [6, 6.07) is 8.79. The van der Waals surface area contributed by atoms with E-state index in [1.807, 2.05) is 32.3 Å². The lowest BCUT2D eigenvalue weighted by Crippen LogP contribution is -2.47. The van der Waals surface area contributed by atoms with Crippen molar-refractivity contribution in [2.75, 3.05) is 17.7 Å². The number of carbonyl (C=O) groups excluding carboxylic acids is 1.